The largest absolute Gasteiger partial charge is 0.450 e. The summed E-state index contributed by atoms with van der Waals surface area (Å²) in [7, 11) is 3.40. The molecule has 3 N–H and O–H groups in total. The SMILES string of the molecule is CC(C)C#CCNC(=O)NCCCCO[C@@H](C)SSC(C)(C)CCOC(=O)NCCOCCOCCCC(C)C. The average molecular weight is 606 g/mol. The van der Waals surface area contributed by atoms with E-state index in [1.807, 2.05) is 20.8 Å². The molecule has 3 amide bonds. The van der Waals surface area contributed by atoms with Crippen LogP contribution in [-0.2, 0) is 18.9 Å². The summed E-state index contributed by atoms with van der Waals surface area (Å²) in [6.07, 6.45) is 4.27. The van der Waals surface area contributed by atoms with Crippen molar-refractivity contribution in [2.24, 2.45) is 11.8 Å². The van der Waals surface area contributed by atoms with Gasteiger partial charge in [-0.25, -0.2) is 9.59 Å². The Morgan fingerprint density at radius 1 is 0.825 bits per heavy atom. The van der Waals surface area contributed by atoms with Gasteiger partial charge in [0.25, 0.3) is 0 Å². The van der Waals surface area contributed by atoms with Gasteiger partial charge in [0.2, 0.25) is 0 Å². The molecule has 0 aliphatic heterocycles. The van der Waals surface area contributed by atoms with Crippen LogP contribution in [0.15, 0.2) is 0 Å². The van der Waals surface area contributed by atoms with Gasteiger partial charge in [-0.1, -0.05) is 61.1 Å². The lowest BCUT2D eigenvalue weighted by molar-refractivity contribution is 0.0462. The van der Waals surface area contributed by atoms with Crippen LogP contribution >= 0.6 is 21.6 Å². The van der Waals surface area contributed by atoms with E-state index >= 15 is 0 Å². The average Bonchev–Trinajstić information content (AvgIpc) is 2.88. The molecule has 0 saturated heterocycles. The zero-order valence-electron chi connectivity index (χ0n) is 25.9. The van der Waals surface area contributed by atoms with Crippen molar-refractivity contribution < 1.29 is 28.5 Å². The number of carbonyl (C=O) groups excluding carboxylic acids is 2. The molecule has 11 heteroatoms. The molecular formula is C29H55N3O6S2. The van der Waals surface area contributed by atoms with Crippen LogP contribution in [0.4, 0.5) is 9.59 Å². The van der Waals surface area contributed by atoms with Crippen molar-refractivity contribution in [1.82, 2.24) is 16.0 Å². The molecule has 0 radical (unpaired) electrons. The van der Waals surface area contributed by atoms with Crippen LogP contribution in [0.25, 0.3) is 0 Å². The van der Waals surface area contributed by atoms with Crippen molar-refractivity contribution in [3.05, 3.63) is 0 Å². The lowest BCUT2D eigenvalue weighted by Gasteiger charge is -2.24. The molecule has 0 spiro atoms. The molecule has 0 aliphatic carbocycles. The molecule has 9 nitrogen and oxygen atoms in total. The highest BCUT2D eigenvalue weighted by Crippen LogP contribution is 2.40. The van der Waals surface area contributed by atoms with E-state index in [0.717, 1.165) is 32.3 Å². The van der Waals surface area contributed by atoms with E-state index in [-0.39, 0.29) is 16.2 Å². The monoisotopic (exact) mass is 605 g/mol. The van der Waals surface area contributed by atoms with Crippen LogP contribution < -0.4 is 16.0 Å². The number of alkyl carbamates (subject to hydrolysis) is 1. The molecule has 0 aromatic rings. The minimum atomic E-state index is -0.425. The maximum Gasteiger partial charge on any atom is 0.407 e. The fourth-order valence-corrected chi connectivity index (χ4v) is 5.29. The van der Waals surface area contributed by atoms with E-state index in [1.165, 1.54) is 6.42 Å². The summed E-state index contributed by atoms with van der Waals surface area (Å²) in [4.78, 5) is 23.6. The topological polar surface area (TPSA) is 107 Å². The molecule has 0 saturated carbocycles. The zero-order chi connectivity index (χ0) is 30.1. The van der Waals surface area contributed by atoms with E-state index in [2.05, 4.69) is 55.5 Å². The maximum atomic E-state index is 11.9. The molecule has 0 rings (SSSR count). The van der Waals surface area contributed by atoms with E-state index in [9.17, 15) is 9.59 Å². The fraction of sp³-hybridized carbons (Fsp3) is 0.862. The highest BCUT2D eigenvalue weighted by atomic mass is 33.1. The van der Waals surface area contributed by atoms with Gasteiger partial charge in [0.15, 0.2) is 0 Å². The van der Waals surface area contributed by atoms with E-state index < -0.39 is 6.09 Å². The Labute approximate surface area is 251 Å². The molecule has 1 atom stereocenters. The van der Waals surface area contributed by atoms with E-state index in [1.54, 1.807) is 21.6 Å². The van der Waals surface area contributed by atoms with Gasteiger partial charge in [0.1, 0.15) is 5.44 Å². The molecule has 0 aliphatic rings. The first-order valence-electron chi connectivity index (χ1n) is 14.5. The summed E-state index contributed by atoms with van der Waals surface area (Å²) in [5.41, 5.74) is 0.0368. The van der Waals surface area contributed by atoms with Crippen molar-refractivity contribution in [3.8, 4) is 11.8 Å². The van der Waals surface area contributed by atoms with Gasteiger partial charge in [-0.2, -0.15) is 0 Å². The lowest BCUT2D eigenvalue weighted by Crippen LogP contribution is -2.36. The Kier molecular flexibility index (Phi) is 24.6. The molecule has 0 unspecified atom stereocenters. The summed E-state index contributed by atoms with van der Waals surface area (Å²) < 4.78 is 22.1. The van der Waals surface area contributed by atoms with Crippen molar-refractivity contribution in [2.45, 2.75) is 90.8 Å². The van der Waals surface area contributed by atoms with Crippen LogP contribution in [0.1, 0.15) is 80.6 Å². The minimum Gasteiger partial charge on any atom is -0.450 e. The van der Waals surface area contributed by atoms with E-state index in [0.29, 0.717) is 64.5 Å². The number of unbranched alkanes of at least 4 members (excludes halogenated alkanes) is 1. The summed E-state index contributed by atoms with van der Waals surface area (Å²) in [5.74, 6) is 6.94. The quantitative estimate of drug-likeness (QED) is 0.0578. The van der Waals surface area contributed by atoms with Crippen LogP contribution in [0, 0.1) is 23.7 Å². The van der Waals surface area contributed by atoms with Gasteiger partial charge in [-0.3, -0.25) is 0 Å². The molecule has 0 bridgehead atoms. The summed E-state index contributed by atoms with van der Waals surface area (Å²) >= 11 is 0. The molecule has 0 aromatic heterocycles. The third-order valence-corrected chi connectivity index (χ3v) is 8.86. The predicted octanol–water partition coefficient (Wildman–Crippen LogP) is 5.83. The molecule has 40 heavy (non-hydrogen) atoms. The van der Waals surface area contributed by atoms with Crippen molar-refractivity contribution in [2.75, 3.05) is 59.3 Å². The van der Waals surface area contributed by atoms with Gasteiger partial charge < -0.3 is 34.9 Å². The van der Waals surface area contributed by atoms with Gasteiger partial charge in [0, 0.05) is 37.0 Å². The first-order chi connectivity index (χ1) is 19.0. The smallest absolute Gasteiger partial charge is 0.407 e. The molecule has 0 aromatic carbocycles. The van der Waals surface area contributed by atoms with Crippen molar-refractivity contribution >= 4 is 33.7 Å². The number of nitrogens with one attached hydrogen (secondary N) is 3. The Balaban J connectivity index is 3.67. The van der Waals surface area contributed by atoms with Crippen molar-refractivity contribution in [1.29, 1.82) is 0 Å². The predicted molar refractivity (Wildman–Crippen MR) is 168 cm³/mol. The first-order valence-corrected chi connectivity index (χ1v) is 16.8. The van der Waals surface area contributed by atoms with Crippen LogP contribution in [0.5, 0.6) is 0 Å². The van der Waals surface area contributed by atoms with Gasteiger partial charge in [0.05, 0.1) is 33.0 Å². The standard InChI is InChI=1S/C29H55N3O6S2/c1-24(2)12-10-16-31-27(33)30-15-8-9-19-37-26(5)39-40-29(6,7)14-20-38-28(34)32-17-21-36-23-22-35-18-11-13-25(3)4/h24-26H,8-9,11,13-23H2,1-7H3,(H,32,34)(H2,30,31,33)/t26-/m1/s1. The lowest BCUT2D eigenvalue weighted by atomic mass is 10.1. The number of urea groups is 1. The molecule has 0 fully saturated rings. The number of amides is 3. The summed E-state index contributed by atoms with van der Waals surface area (Å²) in [6, 6.07) is -0.193. The molecule has 0 heterocycles. The van der Waals surface area contributed by atoms with Crippen LogP contribution in [0.3, 0.4) is 0 Å². The second kappa shape index (κ2) is 25.4. The highest BCUT2D eigenvalue weighted by Gasteiger charge is 2.21. The number of hydrogen-bond acceptors (Lipinski definition) is 8. The summed E-state index contributed by atoms with van der Waals surface area (Å²) in [6.45, 7) is 19.4. The van der Waals surface area contributed by atoms with E-state index in [4.69, 9.17) is 18.9 Å². The maximum absolute atomic E-state index is 11.9. The highest BCUT2D eigenvalue weighted by molar-refractivity contribution is 8.77. The first kappa shape index (κ1) is 38.7. The third-order valence-electron chi connectivity index (χ3n) is 5.24. The zero-order valence-corrected chi connectivity index (χ0v) is 27.5. The van der Waals surface area contributed by atoms with Gasteiger partial charge >= 0.3 is 12.1 Å². The molecule has 234 valence electrons. The van der Waals surface area contributed by atoms with Crippen molar-refractivity contribution in [3.63, 3.8) is 0 Å². The Bertz CT molecular complexity index is 714. The number of rotatable bonds is 23. The fourth-order valence-electron chi connectivity index (χ4n) is 2.97. The van der Waals surface area contributed by atoms with Gasteiger partial charge in [-0.15, -0.1) is 0 Å². The number of ether oxygens (including phenoxy) is 4. The van der Waals surface area contributed by atoms with Crippen LogP contribution in [0.2, 0.25) is 0 Å². The minimum absolute atomic E-state index is 0.0368. The number of hydrogen-bond donors (Lipinski definition) is 3. The van der Waals surface area contributed by atoms with Crippen LogP contribution in [-0.4, -0.2) is 81.6 Å². The number of carbonyl (C=O) groups is 2. The molecular weight excluding hydrogens is 550 g/mol. The Morgan fingerprint density at radius 2 is 1.55 bits per heavy atom. The Morgan fingerprint density at radius 3 is 2.25 bits per heavy atom. The summed E-state index contributed by atoms with van der Waals surface area (Å²) in [5, 5.41) is 8.26. The normalized spacial score (nSPS) is 12.1. The Hall–Kier alpha value is -1.32. The third kappa shape index (κ3) is 28.2. The van der Waals surface area contributed by atoms with Gasteiger partial charge in [-0.05, 0) is 58.8 Å². The second-order valence-electron chi connectivity index (χ2n) is 10.7. The second-order valence-corrected chi connectivity index (χ2v) is 13.9.